The van der Waals surface area contributed by atoms with Gasteiger partial charge in [0.05, 0.1) is 4.99 Å². The van der Waals surface area contributed by atoms with Gasteiger partial charge in [0.15, 0.2) is 0 Å². The number of amides is 2. The zero-order valence-electron chi connectivity index (χ0n) is 10.4. The zero-order valence-corrected chi connectivity index (χ0v) is 11.3. The molecule has 19 heavy (non-hydrogen) atoms. The van der Waals surface area contributed by atoms with Crippen LogP contribution in [-0.4, -0.2) is 29.0 Å². The Morgan fingerprint density at radius 2 is 1.89 bits per heavy atom. The van der Waals surface area contributed by atoms with Crippen molar-refractivity contribution in [1.82, 2.24) is 4.90 Å². The number of thiocarbonyl (C=S) groups is 1. The molecule has 102 valence electrons. The normalized spacial score (nSPS) is 16.2. The SMILES string of the molecule is NC(=S)C1CCN(C(=O)Nc2ccc(F)cc2)CC1. The van der Waals surface area contributed by atoms with E-state index in [4.69, 9.17) is 18.0 Å². The Morgan fingerprint density at radius 3 is 2.42 bits per heavy atom. The second-order valence-electron chi connectivity index (χ2n) is 4.60. The summed E-state index contributed by atoms with van der Waals surface area (Å²) < 4.78 is 12.8. The Bertz CT molecular complexity index is 469. The van der Waals surface area contributed by atoms with Crippen LogP contribution in [0.1, 0.15) is 12.8 Å². The fourth-order valence-electron chi connectivity index (χ4n) is 2.10. The predicted octanol–water partition coefficient (Wildman–Crippen LogP) is 2.36. The molecular formula is C13H16FN3OS. The molecule has 2 rings (SSSR count). The largest absolute Gasteiger partial charge is 0.393 e. The molecule has 0 radical (unpaired) electrons. The lowest BCUT2D eigenvalue weighted by Gasteiger charge is -2.31. The molecule has 0 aromatic heterocycles. The van der Waals surface area contributed by atoms with Crippen molar-refractivity contribution in [2.75, 3.05) is 18.4 Å². The third-order valence-corrected chi connectivity index (χ3v) is 3.61. The Kier molecular flexibility index (Phi) is 4.31. The number of urea groups is 1. The summed E-state index contributed by atoms with van der Waals surface area (Å²) in [4.78, 5) is 14.2. The molecule has 1 fully saturated rings. The molecule has 3 N–H and O–H groups in total. The molecule has 2 amide bonds. The lowest BCUT2D eigenvalue weighted by atomic mass is 9.97. The zero-order chi connectivity index (χ0) is 13.8. The molecule has 1 saturated heterocycles. The molecule has 1 aromatic rings. The molecule has 1 aromatic carbocycles. The molecule has 0 unspecified atom stereocenters. The van der Waals surface area contributed by atoms with Gasteiger partial charge in [0.1, 0.15) is 5.82 Å². The summed E-state index contributed by atoms with van der Waals surface area (Å²) in [6.07, 6.45) is 1.60. The third-order valence-electron chi connectivity index (χ3n) is 3.28. The number of likely N-dealkylation sites (tertiary alicyclic amines) is 1. The molecule has 0 aliphatic carbocycles. The van der Waals surface area contributed by atoms with E-state index >= 15 is 0 Å². The quantitative estimate of drug-likeness (QED) is 0.818. The number of carbonyl (C=O) groups excluding carboxylic acids is 1. The van der Waals surface area contributed by atoms with Crippen molar-refractivity contribution in [2.45, 2.75) is 12.8 Å². The van der Waals surface area contributed by atoms with Crippen molar-refractivity contribution in [1.29, 1.82) is 0 Å². The van der Waals surface area contributed by atoms with Gasteiger partial charge < -0.3 is 16.0 Å². The van der Waals surface area contributed by atoms with E-state index < -0.39 is 0 Å². The van der Waals surface area contributed by atoms with Crippen molar-refractivity contribution in [3.05, 3.63) is 30.1 Å². The number of carbonyl (C=O) groups is 1. The number of piperidine rings is 1. The van der Waals surface area contributed by atoms with E-state index in [1.54, 1.807) is 4.90 Å². The van der Waals surface area contributed by atoms with Crippen molar-refractivity contribution in [3.8, 4) is 0 Å². The van der Waals surface area contributed by atoms with Crippen molar-refractivity contribution in [3.63, 3.8) is 0 Å². The van der Waals surface area contributed by atoms with Crippen molar-refractivity contribution < 1.29 is 9.18 Å². The number of anilines is 1. The molecule has 1 aliphatic rings. The molecule has 6 heteroatoms. The second kappa shape index (κ2) is 5.97. The average molecular weight is 281 g/mol. The van der Waals surface area contributed by atoms with Crippen LogP contribution in [0.5, 0.6) is 0 Å². The van der Waals surface area contributed by atoms with E-state index in [1.165, 1.54) is 24.3 Å². The first kappa shape index (κ1) is 13.7. The standard InChI is InChI=1S/C13H16FN3OS/c14-10-1-3-11(4-2-10)16-13(18)17-7-5-9(6-8-17)12(15)19/h1-4,9H,5-8H2,(H2,15,19)(H,16,18). The summed E-state index contributed by atoms with van der Waals surface area (Å²) >= 11 is 4.96. The van der Waals surface area contributed by atoms with Gasteiger partial charge in [-0.1, -0.05) is 12.2 Å². The first-order valence-corrected chi connectivity index (χ1v) is 6.58. The maximum Gasteiger partial charge on any atom is 0.321 e. The third kappa shape index (κ3) is 3.64. The van der Waals surface area contributed by atoms with Crippen LogP contribution in [0.3, 0.4) is 0 Å². The minimum atomic E-state index is -0.324. The van der Waals surface area contributed by atoms with Gasteiger partial charge in [-0.05, 0) is 37.1 Å². The maximum absolute atomic E-state index is 12.8. The molecule has 0 bridgehead atoms. The van der Waals surface area contributed by atoms with Crippen LogP contribution in [-0.2, 0) is 0 Å². The molecule has 0 spiro atoms. The van der Waals surface area contributed by atoms with Crippen LogP contribution in [0, 0.1) is 11.7 Å². The highest BCUT2D eigenvalue weighted by molar-refractivity contribution is 7.80. The second-order valence-corrected chi connectivity index (χ2v) is 5.07. The molecule has 0 atom stereocenters. The fraction of sp³-hybridized carbons (Fsp3) is 0.385. The Hall–Kier alpha value is -1.69. The van der Waals surface area contributed by atoms with Crippen LogP contribution in [0.4, 0.5) is 14.9 Å². The fourth-order valence-corrected chi connectivity index (χ4v) is 2.34. The molecule has 4 nitrogen and oxygen atoms in total. The van der Waals surface area contributed by atoms with Crippen LogP contribution in [0.25, 0.3) is 0 Å². The number of benzene rings is 1. The summed E-state index contributed by atoms with van der Waals surface area (Å²) in [7, 11) is 0. The lowest BCUT2D eigenvalue weighted by molar-refractivity contribution is 0.193. The summed E-state index contributed by atoms with van der Waals surface area (Å²) in [6.45, 7) is 1.27. The van der Waals surface area contributed by atoms with Gasteiger partial charge in [-0.15, -0.1) is 0 Å². The van der Waals surface area contributed by atoms with Gasteiger partial charge in [0.2, 0.25) is 0 Å². The summed E-state index contributed by atoms with van der Waals surface area (Å²) in [6, 6.07) is 5.53. The first-order chi connectivity index (χ1) is 9.06. The maximum atomic E-state index is 12.8. The minimum absolute atomic E-state index is 0.173. The van der Waals surface area contributed by atoms with E-state index in [9.17, 15) is 9.18 Å². The van der Waals surface area contributed by atoms with E-state index in [1.807, 2.05) is 0 Å². The number of nitrogens with two attached hydrogens (primary N) is 1. The van der Waals surface area contributed by atoms with Gasteiger partial charge in [-0.25, -0.2) is 9.18 Å². The van der Waals surface area contributed by atoms with Crippen molar-refractivity contribution >= 4 is 28.9 Å². The van der Waals surface area contributed by atoms with E-state index in [2.05, 4.69) is 5.32 Å². The lowest BCUT2D eigenvalue weighted by Crippen LogP contribution is -2.43. The van der Waals surface area contributed by atoms with Gasteiger partial charge >= 0.3 is 6.03 Å². The number of nitrogens with zero attached hydrogens (tertiary/aromatic N) is 1. The average Bonchev–Trinajstić information content (AvgIpc) is 2.41. The van der Waals surface area contributed by atoms with Crippen LogP contribution < -0.4 is 11.1 Å². The number of halogens is 1. The van der Waals surface area contributed by atoms with E-state index in [0.29, 0.717) is 23.8 Å². The summed E-state index contributed by atoms with van der Waals surface area (Å²) in [5.41, 5.74) is 6.19. The van der Waals surface area contributed by atoms with Gasteiger partial charge in [-0.2, -0.15) is 0 Å². The highest BCUT2D eigenvalue weighted by Gasteiger charge is 2.24. The smallest absolute Gasteiger partial charge is 0.321 e. The number of nitrogens with one attached hydrogen (secondary N) is 1. The molecule has 1 aliphatic heterocycles. The Balaban J connectivity index is 1.88. The number of hydrogen-bond donors (Lipinski definition) is 2. The topological polar surface area (TPSA) is 58.4 Å². The summed E-state index contributed by atoms with van der Waals surface area (Å²) in [5, 5.41) is 2.74. The molecular weight excluding hydrogens is 265 g/mol. The highest BCUT2D eigenvalue weighted by atomic mass is 32.1. The van der Waals surface area contributed by atoms with E-state index in [0.717, 1.165) is 12.8 Å². The Morgan fingerprint density at radius 1 is 1.32 bits per heavy atom. The number of rotatable bonds is 2. The molecule has 1 heterocycles. The van der Waals surface area contributed by atoms with Crippen LogP contribution in [0.15, 0.2) is 24.3 Å². The van der Waals surface area contributed by atoms with Gasteiger partial charge in [-0.3, -0.25) is 0 Å². The molecule has 0 saturated carbocycles. The minimum Gasteiger partial charge on any atom is -0.393 e. The predicted molar refractivity (Wildman–Crippen MR) is 76.5 cm³/mol. The summed E-state index contributed by atoms with van der Waals surface area (Å²) in [5.74, 6) is -0.0971. The van der Waals surface area contributed by atoms with Crippen molar-refractivity contribution in [2.24, 2.45) is 11.7 Å². The van der Waals surface area contributed by atoms with Gasteiger partial charge in [0, 0.05) is 24.7 Å². The van der Waals surface area contributed by atoms with E-state index in [-0.39, 0.29) is 17.8 Å². The van der Waals surface area contributed by atoms with Crippen LogP contribution in [0.2, 0.25) is 0 Å². The number of hydrogen-bond acceptors (Lipinski definition) is 2. The Labute approximate surface area is 116 Å². The van der Waals surface area contributed by atoms with Crippen LogP contribution >= 0.6 is 12.2 Å². The monoisotopic (exact) mass is 281 g/mol. The first-order valence-electron chi connectivity index (χ1n) is 6.17. The highest BCUT2D eigenvalue weighted by Crippen LogP contribution is 2.18. The van der Waals surface area contributed by atoms with Gasteiger partial charge in [0.25, 0.3) is 0 Å².